The van der Waals surface area contributed by atoms with Crippen LogP contribution in [-0.4, -0.2) is 18.3 Å². The molecule has 3 nitrogen and oxygen atoms in total. The van der Waals surface area contributed by atoms with Gasteiger partial charge in [-0.3, -0.25) is 0 Å². The highest BCUT2D eigenvalue weighted by atomic mass is 35.5. The molecule has 0 unspecified atom stereocenters. The van der Waals surface area contributed by atoms with E-state index < -0.39 is 0 Å². The summed E-state index contributed by atoms with van der Waals surface area (Å²) >= 11 is 5.84. The lowest BCUT2D eigenvalue weighted by molar-refractivity contribution is -0.00000544. The van der Waals surface area contributed by atoms with Gasteiger partial charge in [0.2, 0.25) is 0 Å². The zero-order valence-corrected chi connectivity index (χ0v) is 13.1. The van der Waals surface area contributed by atoms with Crippen molar-refractivity contribution in [1.29, 1.82) is 0 Å². The van der Waals surface area contributed by atoms with Crippen molar-refractivity contribution >= 4 is 11.6 Å². The van der Waals surface area contributed by atoms with E-state index in [4.69, 9.17) is 21.4 Å². The molecule has 2 aromatic rings. The average Bonchev–Trinajstić information content (AvgIpc) is 2.47. The molecule has 0 atom stereocenters. The lowest BCUT2D eigenvalue weighted by atomic mass is 10.2. The summed E-state index contributed by atoms with van der Waals surface area (Å²) in [5.41, 5.74) is 2.21. The Labute approximate surface area is 136 Å². The van der Waals surface area contributed by atoms with Crippen LogP contribution in [-0.2, 0) is 13.2 Å². The van der Waals surface area contributed by atoms with E-state index in [2.05, 4.69) is 5.32 Å². The summed E-state index contributed by atoms with van der Waals surface area (Å²) in [7, 11) is 0. The molecular formula is C16H18Cl2NO2-. The van der Waals surface area contributed by atoms with Gasteiger partial charge in [-0.2, -0.15) is 0 Å². The first kappa shape index (κ1) is 17.8. The third-order valence-corrected chi connectivity index (χ3v) is 3.09. The molecule has 0 amide bonds. The van der Waals surface area contributed by atoms with Crippen molar-refractivity contribution in [2.75, 3.05) is 13.2 Å². The van der Waals surface area contributed by atoms with Crippen LogP contribution >= 0.6 is 11.6 Å². The van der Waals surface area contributed by atoms with Crippen molar-refractivity contribution in [1.82, 2.24) is 5.32 Å². The molecule has 0 fully saturated rings. The molecule has 0 saturated heterocycles. The number of nitrogens with one attached hydrogen (secondary N) is 1. The monoisotopic (exact) mass is 326 g/mol. The number of hydrogen-bond donors (Lipinski definition) is 2. The molecule has 0 aliphatic rings. The van der Waals surface area contributed by atoms with Crippen LogP contribution in [0, 0.1) is 0 Å². The van der Waals surface area contributed by atoms with Gasteiger partial charge in [0.05, 0.1) is 6.61 Å². The smallest absolute Gasteiger partial charge is 0.120 e. The van der Waals surface area contributed by atoms with Crippen molar-refractivity contribution < 1.29 is 22.3 Å². The lowest BCUT2D eigenvalue weighted by Gasteiger charge is -2.09. The lowest BCUT2D eigenvalue weighted by Crippen LogP contribution is -3.00. The van der Waals surface area contributed by atoms with Crippen LogP contribution in [0.25, 0.3) is 0 Å². The van der Waals surface area contributed by atoms with Crippen LogP contribution in [0.3, 0.4) is 0 Å². The molecule has 0 aromatic heterocycles. The highest BCUT2D eigenvalue weighted by Crippen LogP contribution is 2.16. The van der Waals surface area contributed by atoms with Gasteiger partial charge in [-0.1, -0.05) is 35.9 Å². The van der Waals surface area contributed by atoms with Gasteiger partial charge in [0.15, 0.2) is 0 Å². The maximum absolute atomic E-state index is 8.73. The first-order valence-electron chi connectivity index (χ1n) is 6.55. The minimum atomic E-state index is 0. The van der Waals surface area contributed by atoms with Crippen molar-refractivity contribution in [3.63, 3.8) is 0 Å². The number of aliphatic hydroxyl groups is 1. The Bertz CT molecular complexity index is 532. The van der Waals surface area contributed by atoms with E-state index in [1.54, 1.807) is 0 Å². The Kier molecular flexibility index (Phi) is 8.16. The van der Waals surface area contributed by atoms with E-state index >= 15 is 0 Å². The summed E-state index contributed by atoms with van der Waals surface area (Å²) in [5, 5.41) is 12.6. The molecule has 0 aliphatic carbocycles. The molecule has 21 heavy (non-hydrogen) atoms. The zero-order valence-electron chi connectivity index (χ0n) is 11.6. The quantitative estimate of drug-likeness (QED) is 0.704. The standard InChI is InChI=1S/C16H18ClNO2.ClH/c17-15-6-4-13(5-7-15)12-20-16-3-1-2-14(10-16)11-18-8-9-19;/h1-7,10,18-19H,8-9,11-12H2;1H/p-1. The minimum Gasteiger partial charge on any atom is -1.00 e. The van der Waals surface area contributed by atoms with Gasteiger partial charge in [0.1, 0.15) is 12.4 Å². The predicted octanol–water partition coefficient (Wildman–Crippen LogP) is 0.00490. The SMILES string of the molecule is OCCNCc1cccc(OCc2ccc(Cl)cc2)c1.[Cl-]. The van der Waals surface area contributed by atoms with E-state index in [9.17, 15) is 0 Å². The number of halogens is 2. The van der Waals surface area contributed by atoms with Crippen LogP contribution in [0.2, 0.25) is 5.02 Å². The second-order valence-electron chi connectivity index (χ2n) is 4.46. The summed E-state index contributed by atoms with van der Waals surface area (Å²) in [6.07, 6.45) is 0. The normalized spacial score (nSPS) is 10.0. The molecule has 5 heteroatoms. The van der Waals surface area contributed by atoms with Gasteiger partial charge in [0, 0.05) is 18.1 Å². The summed E-state index contributed by atoms with van der Waals surface area (Å²) < 4.78 is 5.76. The van der Waals surface area contributed by atoms with Gasteiger partial charge in [-0.05, 0) is 35.4 Å². The van der Waals surface area contributed by atoms with Crippen molar-refractivity contribution in [2.45, 2.75) is 13.2 Å². The van der Waals surface area contributed by atoms with E-state index in [1.165, 1.54) is 0 Å². The second-order valence-corrected chi connectivity index (χ2v) is 4.90. The molecule has 0 radical (unpaired) electrons. The maximum Gasteiger partial charge on any atom is 0.120 e. The largest absolute Gasteiger partial charge is 1.00 e. The first-order chi connectivity index (χ1) is 9.78. The number of rotatable bonds is 7. The summed E-state index contributed by atoms with van der Waals surface area (Å²) in [5.74, 6) is 0.836. The Morgan fingerprint density at radius 3 is 2.52 bits per heavy atom. The van der Waals surface area contributed by atoms with E-state index in [0.717, 1.165) is 28.4 Å². The Hall–Kier alpha value is -1.26. The van der Waals surface area contributed by atoms with Crippen LogP contribution < -0.4 is 22.5 Å². The Morgan fingerprint density at radius 2 is 1.81 bits per heavy atom. The molecule has 2 rings (SSSR count). The van der Waals surface area contributed by atoms with E-state index in [1.807, 2.05) is 48.5 Å². The number of ether oxygens (including phenoxy) is 1. The highest BCUT2D eigenvalue weighted by Gasteiger charge is 1.99. The zero-order chi connectivity index (χ0) is 14.2. The maximum atomic E-state index is 8.73. The van der Waals surface area contributed by atoms with Crippen LogP contribution in [0.15, 0.2) is 48.5 Å². The van der Waals surface area contributed by atoms with Crippen molar-refractivity contribution in [2.24, 2.45) is 0 Å². The fourth-order valence-corrected chi connectivity index (χ4v) is 1.93. The van der Waals surface area contributed by atoms with Crippen molar-refractivity contribution in [3.05, 3.63) is 64.7 Å². The van der Waals surface area contributed by atoms with Gasteiger partial charge in [0.25, 0.3) is 0 Å². The number of benzene rings is 2. The average molecular weight is 327 g/mol. The summed E-state index contributed by atoms with van der Waals surface area (Å²) in [4.78, 5) is 0. The first-order valence-corrected chi connectivity index (χ1v) is 6.93. The molecule has 0 aliphatic heterocycles. The molecule has 0 spiro atoms. The molecular weight excluding hydrogens is 309 g/mol. The summed E-state index contributed by atoms with van der Waals surface area (Å²) in [6.45, 7) is 1.98. The predicted molar refractivity (Wildman–Crippen MR) is 81.0 cm³/mol. The fraction of sp³-hybridized carbons (Fsp3) is 0.250. The summed E-state index contributed by atoms with van der Waals surface area (Å²) in [6, 6.07) is 15.5. The van der Waals surface area contributed by atoms with Crippen LogP contribution in [0.4, 0.5) is 0 Å². The molecule has 2 aromatic carbocycles. The molecule has 0 bridgehead atoms. The minimum absolute atomic E-state index is 0. The highest BCUT2D eigenvalue weighted by molar-refractivity contribution is 6.30. The van der Waals surface area contributed by atoms with E-state index in [-0.39, 0.29) is 19.0 Å². The molecule has 0 saturated carbocycles. The van der Waals surface area contributed by atoms with Gasteiger partial charge in [-0.25, -0.2) is 0 Å². The topological polar surface area (TPSA) is 41.5 Å². The van der Waals surface area contributed by atoms with Crippen LogP contribution in [0.1, 0.15) is 11.1 Å². The molecule has 0 heterocycles. The third-order valence-electron chi connectivity index (χ3n) is 2.83. The van der Waals surface area contributed by atoms with Crippen molar-refractivity contribution in [3.8, 4) is 5.75 Å². The third kappa shape index (κ3) is 6.36. The van der Waals surface area contributed by atoms with Gasteiger partial charge in [-0.15, -0.1) is 0 Å². The van der Waals surface area contributed by atoms with Gasteiger partial charge < -0.3 is 27.6 Å². The fourth-order valence-electron chi connectivity index (χ4n) is 1.80. The van der Waals surface area contributed by atoms with E-state index in [0.29, 0.717) is 13.2 Å². The Morgan fingerprint density at radius 1 is 1.05 bits per heavy atom. The number of hydrogen-bond acceptors (Lipinski definition) is 3. The Balaban J connectivity index is 0.00000220. The van der Waals surface area contributed by atoms with Crippen LogP contribution in [0.5, 0.6) is 5.75 Å². The molecule has 114 valence electrons. The van der Waals surface area contributed by atoms with Gasteiger partial charge >= 0.3 is 0 Å². The second kappa shape index (κ2) is 9.64. The number of aliphatic hydroxyl groups excluding tert-OH is 1. The molecule has 2 N–H and O–H groups in total.